The third-order valence-electron chi connectivity index (χ3n) is 2.63. The Morgan fingerprint density at radius 3 is 2.68 bits per heavy atom. The van der Waals surface area contributed by atoms with E-state index in [1.54, 1.807) is 12.4 Å². The third-order valence-corrected chi connectivity index (χ3v) is 2.63. The average molecular weight is 258 g/mol. The molecule has 0 bridgehead atoms. The highest BCUT2D eigenvalue weighted by Crippen LogP contribution is 2.27. The number of hydrogen-bond acceptors (Lipinski definition) is 3. The molecule has 0 saturated carbocycles. The van der Waals surface area contributed by atoms with Gasteiger partial charge in [-0.2, -0.15) is 0 Å². The van der Waals surface area contributed by atoms with Crippen LogP contribution < -0.4 is 0 Å². The van der Waals surface area contributed by atoms with E-state index < -0.39 is 5.60 Å². The van der Waals surface area contributed by atoms with Crippen molar-refractivity contribution in [2.24, 2.45) is 0 Å². The molecule has 0 atom stereocenters. The number of esters is 1. The van der Waals surface area contributed by atoms with Gasteiger partial charge < -0.3 is 9.72 Å². The molecule has 0 fully saturated rings. The molecule has 2 rings (SSSR count). The van der Waals surface area contributed by atoms with Crippen LogP contribution in [0.1, 0.15) is 36.8 Å². The van der Waals surface area contributed by atoms with Gasteiger partial charge in [-0.05, 0) is 39.3 Å². The summed E-state index contributed by atoms with van der Waals surface area (Å²) in [5, 5.41) is 0. The summed E-state index contributed by atoms with van der Waals surface area (Å²) in [7, 11) is 0. The molecule has 100 valence electrons. The highest BCUT2D eigenvalue weighted by atomic mass is 16.6. The predicted octanol–water partition coefficient (Wildman–Crippen LogP) is 3.34. The average Bonchev–Trinajstić information content (AvgIpc) is 2.70. The molecule has 0 amide bonds. The van der Waals surface area contributed by atoms with Crippen LogP contribution >= 0.6 is 0 Å². The maximum Gasteiger partial charge on any atom is 0.355 e. The Hall–Kier alpha value is -2.10. The van der Waals surface area contributed by atoms with Crippen molar-refractivity contribution in [1.82, 2.24) is 9.97 Å². The largest absolute Gasteiger partial charge is 0.455 e. The number of carbonyl (C=O) groups excluding carboxylic acids is 1. The number of nitrogens with zero attached hydrogens (tertiary/aromatic N) is 1. The van der Waals surface area contributed by atoms with Crippen molar-refractivity contribution in [2.75, 3.05) is 0 Å². The molecule has 2 heterocycles. The number of aryl methyl sites for hydroxylation is 1. The Balaban J connectivity index is 2.41. The molecule has 0 saturated heterocycles. The molecule has 0 aliphatic heterocycles. The lowest BCUT2D eigenvalue weighted by Crippen LogP contribution is -2.24. The fourth-order valence-electron chi connectivity index (χ4n) is 1.89. The highest BCUT2D eigenvalue weighted by Gasteiger charge is 2.23. The van der Waals surface area contributed by atoms with E-state index in [-0.39, 0.29) is 5.97 Å². The zero-order valence-corrected chi connectivity index (χ0v) is 11.7. The topological polar surface area (TPSA) is 55.0 Å². The summed E-state index contributed by atoms with van der Waals surface area (Å²) in [5.41, 5.74) is 2.71. The predicted molar refractivity (Wildman–Crippen MR) is 73.9 cm³/mol. The van der Waals surface area contributed by atoms with E-state index in [1.165, 1.54) is 0 Å². The molecule has 0 aliphatic rings. The van der Waals surface area contributed by atoms with Gasteiger partial charge in [0.1, 0.15) is 11.3 Å². The Morgan fingerprint density at radius 1 is 1.37 bits per heavy atom. The molecule has 2 aromatic heterocycles. The minimum Gasteiger partial charge on any atom is -0.455 e. The lowest BCUT2D eigenvalue weighted by atomic mass is 10.0. The quantitative estimate of drug-likeness (QED) is 0.840. The van der Waals surface area contributed by atoms with Crippen LogP contribution in [0.4, 0.5) is 0 Å². The zero-order valence-electron chi connectivity index (χ0n) is 11.7. The Labute approximate surface area is 112 Å². The smallest absolute Gasteiger partial charge is 0.355 e. The first-order valence-electron chi connectivity index (χ1n) is 6.20. The fourth-order valence-corrected chi connectivity index (χ4v) is 1.89. The number of hydrogen-bond donors (Lipinski definition) is 1. The van der Waals surface area contributed by atoms with Crippen LogP contribution in [0, 0.1) is 6.92 Å². The first kappa shape index (κ1) is 13.3. The van der Waals surface area contributed by atoms with Crippen molar-refractivity contribution in [1.29, 1.82) is 0 Å². The van der Waals surface area contributed by atoms with Gasteiger partial charge in [-0.1, -0.05) is 6.07 Å². The van der Waals surface area contributed by atoms with E-state index in [0.717, 1.165) is 16.7 Å². The summed E-state index contributed by atoms with van der Waals surface area (Å²) in [6.45, 7) is 7.51. The first-order valence-corrected chi connectivity index (χ1v) is 6.20. The Morgan fingerprint density at radius 2 is 2.11 bits per heavy atom. The van der Waals surface area contributed by atoms with Crippen molar-refractivity contribution < 1.29 is 9.53 Å². The van der Waals surface area contributed by atoms with Crippen molar-refractivity contribution in [3.8, 4) is 11.1 Å². The SMILES string of the molecule is Cc1c[nH]c(C(=O)OC(C)(C)C)c1-c1cccnc1. The molecular formula is C15H18N2O2. The molecule has 0 aromatic carbocycles. The van der Waals surface area contributed by atoms with Gasteiger partial charge in [0.2, 0.25) is 0 Å². The molecule has 0 radical (unpaired) electrons. The summed E-state index contributed by atoms with van der Waals surface area (Å²) in [4.78, 5) is 19.3. The molecular weight excluding hydrogens is 240 g/mol. The van der Waals surface area contributed by atoms with Crippen molar-refractivity contribution >= 4 is 5.97 Å². The number of H-pyrrole nitrogens is 1. The monoisotopic (exact) mass is 258 g/mol. The summed E-state index contributed by atoms with van der Waals surface area (Å²) in [6.07, 6.45) is 5.25. The second kappa shape index (κ2) is 4.88. The standard InChI is InChI=1S/C15H18N2O2/c1-10-8-17-13(14(18)19-15(2,3)4)12(10)11-6-5-7-16-9-11/h5-9,17H,1-4H3. The lowest BCUT2D eigenvalue weighted by molar-refractivity contribution is 0.00645. The summed E-state index contributed by atoms with van der Waals surface area (Å²) >= 11 is 0. The number of carbonyl (C=O) groups is 1. The van der Waals surface area contributed by atoms with E-state index in [9.17, 15) is 4.79 Å². The zero-order chi connectivity index (χ0) is 14.0. The van der Waals surface area contributed by atoms with Gasteiger partial charge in [0.15, 0.2) is 0 Å². The molecule has 19 heavy (non-hydrogen) atoms. The fraction of sp³-hybridized carbons (Fsp3) is 0.333. The molecule has 0 spiro atoms. The molecule has 1 N–H and O–H groups in total. The van der Waals surface area contributed by atoms with Crippen molar-refractivity contribution in [2.45, 2.75) is 33.3 Å². The van der Waals surface area contributed by atoms with Gasteiger partial charge in [0, 0.05) is 29.7 Å². The third kappa shape index (κ3) is 3.02. The number of nitrogens with one attached hydrogen (secondary N) is 1. The lowest BCUT2D eigenvalue weighted by Gasteiger charge is -2.19. The van der Waals surface area contributed by atoms with Gasteiger partial charge in [-0.3, -0.25) is 4.98 Å². The van der Waals surface area contributed by atoms with Crippen LogP contribution in [0.15, 0.2) is 30.7 Å². The van der Waals surface area contributed by atoms with E-state index in [4.69, 9.17) is 4.74 Å². The normalized spacial score (nSPS) is 11.4. The number of aromatic nitrogens is 2. The second-order valence-electron chi connectivity index (χ2n) is 5.47. The maximum absolute atomic E-state index is 12.2. The van der Waals surface area contributed by atoms with Gasteiger partial charge in [0.25, 0.3) is 0 Å². The summed E-state index contributed by atoms with van der Waals surface area (Å²) in [5.74, 6) is -0.348. The van der Waals surface area contributed by atoms with Gasteiger partial charge in [-0.15, -0.1) is 0 Å². The molecule has 0 aliphatic carbocycles. The van der Waals surface area contributed by atoms with Gasteiger partial charge in [-0.25, -0.2) is 4.79 Å². The second-order valence-corrected chi connectivity index (χ2v) is 5.47. The Kier molecular flexibility index (Phi) is 3.42. The van der Waals surface area contributed by atoms with Crippen LogP contribution in [0.5, 0.6) is 0 Å². The molecule has 4 heteroatoms. The number of aromatic amines is 1. The van der Waals surface area contributed by atoms with E-state index in [1.807, 2.05) is 46.0 Å². The van der Waals surface area contributed by atoms with Gasteiger partial charge in [0.05, 0.1) is 0 Å². The van der Waals surface area contributed by atoms with E-state index in [2.05, 4.69) is 9.97 Å². The molecule has 2 aromatic rings. The highest BCUT2D eigenvalue weighted by molar-refractivity contribution is 5.96. The number of pyridine rings is 1. The van der Waals surface area contributed by atoms with Crippen LogP contribution in [0.3, 0.4) is 0 Å². The summed E-state index contributed by atoms with van der Waals surface area (Å²) in [6, 6.07) is 3.78. The Bertz CT molecular complexity index is 580. The number of rotatable bonds is 2. The molecule has 0 unspecified atom stereocenters. The molecule has 4 nitrogen and oxygen atoms in total. The number of ether oxygens (including phenoxy) is 1. The van der Waals surface area contributed by atoms with E-state index in [0.29, 0.717) is 5.69 Å². The van der Waals surface area contributed by atoms with E-state index >= 15 is 0 Å². The van der Waals surface area contributed by atoms with Gasteiger partial charge >= 0.3 is 5.97 Å². The van der Waals surface area contributed by atoms with Crippen molar-refractivity contribution in [3.05, 3.63) is 42.0 Å². The first-order chi connectivity index (χ1) is 8.88. The van der Waals surface area contributed by atoms with Crippen LogP contribution in [-0.4, -0.2) is 21.5 Å². The minimum absolute atomic E-state index is 0.348. The van der Waals surface area contributed by atoms with Crippen LogP contribution in [-0.2, 0) is 4.74 Å². The van der Waals surface area contributed by atoms with Crippen LogP contribution in [0.25, 0.3) is 11.1 Å². The maximum atomic E-state index is 12.2. The van der Waals surface area contributed by atoms with Crippen molar-refractivity contribution in [3.63, 3.8) is 0 Å². The minimum atomic E-state index is -0.512. The summed E-state index contributed by atoms with van der Waals surface area (Å²) < 4.78 is 5.41. The van der Waals surface area contributed by atoms with Crippen LogP contribution in [0.2, 0.25) is 0 Å².